The van der Waals surface area contributed by atoms with Crippen LogP contribution in [0.1, 0.15) is 6.42 Å². The first-order valence-electron chi connectivity index (χ1n) is 3.19. The van der Waals surface area contributed by atoms with Gasteiger partial charge in [-0.05, 0) is 27.1 Å². The molecule has 0 aliphatic heterocycles. The second kappa shape index (κ2) is 4.73. The summed E-state index contributed by atoms with van der Waals surface area (Å²) >= 11 is 0. The van der Waals surface area contributed by atoms with Gasteiger partial charge in [0, 0.05) is 6.54 Å². The number of hydrogen-bond donors (Lipinski definition) is 2. The zero-order valence-corrected chi connectivity index (χ0v) is 6.17. The van der Waals surface area contributed by atoms with Crippen molar-refractivity contribution in [2.24, 2.45) is 5.73 Å². The predicted molar refractivity (Wildman–Crippen MR) is 38.2 cm³/mol. The topological polar surface area (TPSA) is 49.5 Å². The summed E-state index contributed by atoms with van der Waals surface area (Å²) in [4.78, 5) is 1.94. The molecule has 0 spiro atoms. The van der Waals surface area contributed by atoms with Gasteiger partial charge in [-0.3, -0.25) is 0 Å². The highest BCUT2D eigenvalue weighted by atomic mass is 16.3. The van der Waals surface area contributed by atoms with E-state index in [1.165, 1.54) is 0 Å². The molecule has 1 atom stereocenters. The van der Waals surface area contributed by atoms with Crippen LogP contribution in [-0.4, -0.2) is 43.3 Å². The molecule has 0 aliphatic rings. The second-order valence-corrected chi connectivity index (χ2v) is 2.49. The maximum absolute atomic E-state index is 9.10. The molecular formula is C6H16N2O. The number of rotatable bonds is 4. The van der Waals surface area contributed by atoms with Crippen LogP contribution in [0.3, 0.4) is 0 Å². The van der Waals surface area contributed by atoms with E-state index in [0.717, 1.165) is 0 Å². The Bertz CT molecular complexity index is 66.1. The molecule has 0 aromatic rings. The number of hydrogen-bond acceptors (Lipinski definition) is 3. The largest absolute Gasteiger partial charge is 0.392 e. The summed E-state index contributed by atoms with van der Waals surface area (Å²) in [5.41, 5.74) is 5.23. The molecule has 1 unspecified atom stereocenters. The summed E-state index contributed by atoms with van der Waals surface area (Å²) in [6.07, 6.45) is 0.433. The first-order valence-corrected chi connectivity index (χ1v) is 3.19. The highest BCUT2D eigenvalue weighted by molar-refractivity contribution is 4.57. The highest BCUT2D eigenvalue weighted by Gasteiger charge is 2.02. The third kappa shape index (κ3) is 5.76. The van der Waals surface area contributed by atoms with Crippen molar-refractivity contribution in [2.75, 3.05) is 27.2 Å². The average Bonchev–Trinajstić information content (AvgIpc) is 1.63. The van der Waals surface area contributed by atoms with Gasteiger partial charge in [-0.1, -0.05) is 0 Å². The quantitative estimate of drug-likeness (QED) is 0.529. The fraction of sp³-hybridized carbons (Fsp3) is 1.00. The third-order valence-corrected chi connectivity index (χ3v) is 1.08. The molecule has 3 heteroatoms. The molecule has 0 radical (unpaired) electrons. The number of aliphatic hydroxyl groups is 1. The molecule has 0 bridgehead atoms. The van der Waals surface area contributed by atoms with Gasteiger partial charge in [-0.2, -0.15) is 0 Å². The Hall–Kier alpha value is -0.120. The lowest BCUT2D eigenvalue weighted by atomic mass is 10.2. The van der Waals surface area contributed by atoms with Crippen LogP contribution in [0.2, 0.25) is 0 Å². The van der Waals surface area contributed by atoms with Crippen LogP contribution >= 0.6 is 0 Å². The standard InChI is InChI=1S/C6H16N2O/c1-8(2)5-6(9)3-4-7/h6,9H,3-5,7H2,1-2H3. The van der Waals surface area contributed by atoms with Crippen molar-refractivity contribution >= 4 is 0 Å². The molecule has 9 heavy (non-hydrogen) atoms. The van der Waals surface area contributed by atoms with Gasteiger partial charge in [-0.15, -0.1) is 0 Å². The van der Waals surface area contributed by atoms with Gasteiger partial charge in [0.15, 0.2) is 0 Å². The molecule has 0 aromatic heterocycles. The fourth-order valence-corrected chi connectivity index (χ4v) is 0.705. The van der Waals surface area contributed by atoms with Crippen molar-refractivity contribution in [3.63, 3.8) is 0 Å². The summed E-state index contributed by atoms with van der Waals surface area (Å²) < 4.78 is 0. The van der Waals surface area contributed by atoms with Crippen LogP contribution in [-0.2, 0) is 0 Å². The summed E-state index contributed by atoms with van der Waals surface area (Å²) in [7, 11) is 3.86. The Morgan fingerprint density at radius 2 is 2.11 bits per heavy atom. The van der Waals surface area contributed by atoms with Gasteiger partial charge < -0.3 is 15.7 Å². The van der Waals surface area contributed by atoms with Crippen molar-refractivity contribution < 1.29 is 5.11 Å². The van der Waals surface area contributed by atoms with Gasteiger partial charge in [0.25, 0.3) is 0 Å². The molecular weight excluding hydrogens is 116 g/mol. The van der Waals surface area contributed by atoms with Gasteiger partial charge in [0.2, 0.25) is 0 Å². The Labute approximate surface area is 56.5 Å². The molecule has 0 rings (SSSR count). The average molecular weight is 132 g/mol. The Morgan fingerprint density at radius 3 is 2.44 bits per heavy atom. The minimum absolute atomic E-state index is 0.259. The van der Waals surface area contributed by atoms with E-state index in [0.29, 0.717) is 19.5 Å². The summed E-state index contributed by atoms with van der Waals surface area (Å²) in [5.74, 6) is 0. The predicted octanol–water partition coefficient (Wildman–Crippen LogP) is -0.742. The van der Waals surface area contributed by atoms with Crippen molar-refractivity contribution in [3.8, 4) is 0 Å². The molecule has 0 amide bonds. The van der Waals surface area contributed by atoms with E-state index < -0.39 is 0 Å². The minimum atomic E-state index is -0.259. The van der Waals surface area contributed by atoms with Crippen LogP contribution < -0.4 is 5.73 Å². The van der Waals surface area contributed by atoms with Gasteiger partial charge >= 0.3 is 0 Å². The maximum Gasteiger partial charge on any atom is 0.0678 e. The first kappa shape index (κ1) is 8.88. The van der Waals surface area contributed by atoms with Crippen molar-refractivity contribution in [2.45, 2.75) is 12.5 Å². The Balaban J connectivity index is 3.15. The summed E-state index contributed by atoms with van der Waals surface area (Å²) in [6, 6.07) is 0. The summed E-state index contributed by atoms with van der Waals surface area (Å²) in [5, 5.41) is 9.10. The van der Waals surface area contributed by atoms with Gasteiger partial charge in [-0.25, -0.2) is 0 Å². The number of nitrogens with zero attached hydrogens (tertiary/aromatic N) is 1. The minimum Gasteiger partial charge on any atom is -0.392 e. The molecule has 0 fully saturated rings. The van der Waals surface area contributed by atoms with Crippen LogP contribution in [0.15, 0.2) is 0 Å². The molecule has 0 aromatic carbocycles. The second-order valence-electron chi connectivity index (χ2n) is 2.49. The van der Waals surface area contributed by atoms with Crippen LogP contribution in [0.25, 0.3) is 0 Å². The molecule has 3 nitrogen and oxygen atoms in total. The first-order chi connectivity index (χ1) is 4.16. The van der Waals surface area contributed by atoms with E-state index in [-0.39, 0.29) is 6.10 Å². The Morgan fingerprint density at radius 1 is 1.56 bits per heavy atom. The maximum atomic E-state index is 9.10. The molecule has 0 saturated heterocycles. The van der Waals surface area contributed by atoms with E-state index >= 15 is 0 Å². The monoisotopic (exact) mass is 132 g/mol. The molecule has 0 heterocycles. The Kier molecular flexibility index (Phi) is 4.67. The van der Waals surface area contributed by atoms with E-state index in [2.05, 4.69) is 0 Å². The number of aliphatic hydroxyl groups excluding tert-OH is 1. The lowest BCUT2D eigenvalue weighted by Gasteiger charge is -2.14. The smallest absolute Gasteiger partial charge is 0.0678 e. The van der Waals surface area contributed by atoms with Crippen LogP contribution in [0, 0.1) is 0 Å². The molecule has 0 saturated carbocycles. The van der Waals surface area contributed by atoms with Crippen LogP contribution in [0.5, 0.6) is 0 Å². The highest BCUT2D eigenvalue weighted by Crippen LogP contribution is 1.89. The number of nitrogens with two attached hydrogens (primary N) is 1. The SMILES string of the molecule is CN(C)CC(O)CCN. The lowest BCUT2D eigenvalue weighted by molar-refractivity contribution is 0.130. The van der Waals surface area contributed by atoms with Crippen molar-refractivity contribution in [1.82, 2.24) is 4.90 Å². The van der Waals surface area contributed by atoms with E-state index in [1.807, 2.05) is 19.0 Å². The third-order valence-electron chi connectivity index (χ3n) is 1.08. The van der Waals surface area contributed by atoms with Crippen molar-refractivity contribution in [3.05, 3.63) is 0 Å². The van der Waals surface area contributed by atoms with Crippen molar-refractivity contribution in [1.29, 1.82) is 0 Å². The zero-order chi connectivity index (χ0) is 7.28. The van der Waals surface area contributed by atoms with E-state index in [1.54, 1.807) is 0 Å². The molecule has 0 aliphatic carbocycles. The normalized spacial score (nSPS) is 14.3. The number of likely N-dealkylation sites (N-methyl/N-ethyl adjacent to an activating group) is 1. The van der Waals surface area contributed by atoms with E-state index in [9.17, 15) is 0 Å². The fourth-order valence-electron chi connectivity index (χ4n) is 0.705. The summed E-state index contributed by atoms with van der Waals surface area (Å²) in [6.45, 7) is 1.27. The van der Waals surface area contributed by atoms with E-state index in [4.69, 9.17) is 10.8 Å². The van der Waals surface area contributed by atoms with Gasteiger partial charge in [0.1, 0.15) is 0 Å². The van der Waals surface area contributed by atoms with Gasteiger partial charge in [0.05, 0.1) is 6.10 Å². The zero-order valence-electron chi connectivity index (χ0n) is 6.17. The molecule has 56 valence electrons. The molecule has 3 N–H and O–H groups in total. The van der Waals surface area contributed by atoms with Crippen LogP contribution in [0.4, 0.5) is 0 Å². The lowest BCUT2D eigenvalue weighted by Crippen LogP contribution is -2.27.